The topological polar surface area (TPSA) is 96.8 Å². The van der Waals surface area contributed by atoms with Gasteiger partial charge < -0.3 is 10.2 Å². The Morgan fingerprint density at radius 2 is 2.04 bits per heavy atom. The number of nitrogens with zero attached hydrogens (tertiary/aromatic N) is 2. The Hall–Kier alpha value is -1.38. The minimum absolute atomic E-state index is 0.134. The number of amides is 1. The van der Waals surface area contributed by atoms with Crippen molar-refractivity contribution in [3.8, 4) is 0 Å². The summed E-state index contributed by atoms with van der Waals surface area (Å²) in [5.74, 6) is 0.0331. The highest BCUT2D eigenvalue weighted by molar-refractivity contribution is 7.86. The molecule has 3 rings (SSSR count). The molecule has 1 aliphatic carbocycles. The molecule has 1 aromatic rings. The summed E-state index contributed by atoms with van der Waals surface area (Å²) in [5, 5.41) is 0. The van der Waals surface area contributed by atoms with E-state index in [0.29, 0.717) is 12.3 Å². The van der Waals surface area contributed by atoms with E-state index in [1.54, 1.807) is 18.4 Å². The smallest absolute Gasteiger partial charge is 0.283 e. The van der Waals surface area contributed by atoms with E-state index in [0.717, 1.165) is 38.5 Å². The van der Waals surface area contributed by atoms with Gasteiger partial charge in [0.25, 0.3) is 10.2 Å². The molecule has 1 saturated carbocycles. The van der Waals surface area contributed by atoms with E-state index >= 15 is 0 Å². The van der Waals surface area contributed by atoms with E-state index in [9.17, 15) is 13.2 Å². The van der Waals surface area contributed by atoms with Crippen LogP contribution in [0.25, 0.3) is 0 Å². The lowest BCUT2D eigenvalue weighted by atomic mass is 10.2. The first kappa shape index (κ1) is 16.5. The summed E-state index contributed by atoms with van der Waals surface area (Å²) in [6.07, 6.45) is 6.59. The highest BCUT2D eigenvalue weighted by Gasteiger charge is 2.43. The van der Waals surface area contributed by atoms with Crippen LogP contribution in [0.3, 0.4) is 0 Å². The lowest BCUT2D eigenvalue weighted by molar-refractivity contribution is -0.118. The van der Waals surface area contributed by atoms with Crippen LogP contribution >= 0.6 is 0 Å². The standard InChI is InChI=1S/C15H23N3O4S/c16-15(19)11-18(12-5-1-2-6-12)23(20,21)17-9-3-7-13(17)14-8-4-10-22-14/h4,8,10,12-13H,1-3,5-7,9,11H2,(H2,16,19). The van der Waals surface area contributed by atoms with Gasteiger partial charge in [-0.3, -0.25) is 4.79 Å². The van der Waals surface area contributed by atoms with Crippen LogP contribution in [0.5, 0.6) is 0 Å². The molecule has 2 N–H and O–H groups in total. The van der Waals surface area contributed by atoms with Gasteiger partial charge in [-0.1, -0.05) is 12.8 Å². The predicted octanol–water partition coefficient (Wildman–Crippen LogP) is 1.39. The van der Waals surface area contributed by atoms with Crippen molar-refractivity contribution in [1.29, 1.82) is 0 Å². The van der Waals surface area contributed by atoms with Crippen LogP contribution in [0, 0.1) is 0 Å². The lowest BCUT2D eigenvalue weighted by Gasteiger charge is -2.33. The van der Waals surface area contributed by atoms with Gasteiger partial charge in [-0.25, -0.2) is 0 Å². The number of primary amides is 1. The summed E-state index contributed by atoms with van der Waals surface area (Å²) in [7, 11) is -3.75. The summed E-state index contributed by atoms with van der Waals surface area (Å²) in [4.78, 5) is 11.4. The molecule has 2 heterocycles. The fourth-order valence-corrected chi connectivity index (χ4v) is 5.70. The molecule has 2 aliphatic rings. The molecular formula is C15H23N3O4S. The highest BCUT2D eigenvalue weighted by Crippen LogP contribution is 2.37. The highest BCUT2D eigenvalue weighted by atomic mass is 32.2. The number of carbonyl (C=O) groups is 1. The maximum absolute atomic E-state index is 13.2. The zero-order chi connectivity index (χ0) is 16.4. The monoisotopic (exact) mass is 341 g/mol. The van der Waals surface area contributed by atoms with Gasteiger partial charge in [-0.05, 0) is 37.8 Å². The molecule has 0 bridgehead atoms. The van der Waals surface area contributed by atoms with Crippen molar-refractivity contribution in [1.82, 2.24) is 8.61 Å². The van der Waals surface area contributed by atoms with E-state index in [1.807, 2.05) is 0 Å². The lowest BCUT2D eigenvalue weighted by Crippen LogP contribution is -2.50. The second-order valence-electron chi connectivity index (χ2n) is 6.24. The number of furan rings is 1. The van der Waals surface area contributed by atoms with Gasteiger partial charge in [0.05, 0.1) is 18.8 Å². The first-order chi connectivity index (χ1) is 11.0. The van der Waals surface area contributed by atoms with E-state index in [1.165, 1.54) is 8.61 Å². The molecule has 128 valence electrons. The van der Waals surface area contributed by atoms with Crippen LogP contribution in [0.1, 0.15) is 50.3 Å². The number of nitrogens with two attached hydrogens (primary N) is 1. The average molecular weight is 341 g/mol. The summed E-state index contributed by atoms with van der Waals surface area (Å²) in [6, 6.07) is 3.13. The van der Waals surface area contributed by atoms with Crippen molar-refractivity contribution in [2.24, 2.45) is 5.73 Å². The molecular weight excluding hydrogens is 318 g/mol. The molecule has 1 unspecified atom stereocenters. The summed E-state index contributed by atoms with van der Waals surface area (Å²) in [6.45, 7) is 0.185. The van der Waals surface area contributed by atoms with Crippen molar-refractivity contribution >= 4 is 16.1 Å². The predicted molar refractivity (Wildman–Crippen MR) is 84.5 cm³/mol. The number of hydrogen-bond acceptors (Lipinski definition) is 4. The third-order valence-corrected chi connectivity index (χ3v) is 6.76. The molecule has 1 saturated heterocycles. The fourth-order valence-electron chi connectivity index (χ4n) is 3.66. The van der Waals surface area contributed by atoms with Crippen molar-refractivity contribution < 1.29 is 17.6 Å². The van der Waals surface area contributed by atoms with E-state index in [2.05, 4.69) is 0 Å². The Morgan fingerprint density at radius 3 is 2.65 bits per heavy atom. The average Bonchev–Trinajstić information content (AvgIpc) is 3.24. The first-order valence-electron chi connectivity index (χ1n) is 8.10. The fraction of sp³-hybridized carbons (Fsp3) is 0.667. The molecule has 0 spiro atoms. The van der Waals surface area contributed by atoms with E-state index in [4.69, 9.17) is 10.2 Å². The third kappa shape index (κ3) is 3.29. The Morgan fingerprint density at radius 1 is 1.30 bits per heavy atom. The second-order valence-corrected chi connectivity index (χ2v) is 8.08. The summed E-state index contributed by atoms with van der Waals surface area (Å²) < 4.78 is 34.5. The molecule has 0 radical (unpaired) electrons. The van der Waals surface area contributed by atoms with E-state index < -0.39 is 16.1 Å². The number of rotatable bonds is 6. The van der Waals surface area contributed by atoms with Crippen LogP contribution in [0.15, 0.2) is 22.8 Å². The maximum Gasteiger partial charge on any atom is 0.283 e. The van der Waals surface area contributed by atoms with Crippen molar-refractivity contribution in [3.63, 3.8) is 0 Å². The van der Waals surface area contributed by atoms with Gasteiger partial charge in [-0.15, -0.1) is 0 Å². The Balaban J connectivity index is 1.88. The molecule has 23 heavy (non-hydrogen) atoms. The van der Waals surface area contributed by atoms with Crippen molar-refractivity contribution in [3.05, 3.63) is 24.2 Å². The van der Waals surface area contributed by atoms with Crippen LogP contribution in [0.4, 0.5) is 0 Å². The SMILES string of the molecule is NC(=O)CN(C1CCCC1)S(=O)(=O)N1CCCC1c1ccco1. The summed E-state index contributed by atoms with van der Waals surface area (Å²) >= 11 is 0. The van der Waals surface area contributed by atoms with Gasteiger partial charge in [0.15, 0.2) is 0 Å². The zero-order valence-corrected chi connectivity index (χ0v) is 13.9. The maximum atomic E-state index is 13.2. The summed E-state index contributed by atoms with van der Waals surface area (Å²) in [5.41, 5.74) is 5.30. The normalized spacial score (nSPS) is 23.8. The van der Waals surface area contributed by atoms with Gasteiger partial charge in [0, 0.05) is 12.6 Å². The largest absolute Gasteiger partial charge is 0.468 e. The molecule has 0 aromatic carbocycles. The Bertz CT molecular complexity index is 638. The van der Waals surface area contributed by atoms with Crippen LogP contribution in [0.2, 0.25) is 0 Å². The van der Waals surface area contributed by atoms with Crippen LogP contribution in [-0.4, -0.2) is 42.1 Å². The first-order valence-corrected chi connectivity index (χ1v) is 9.50. The number of carbonyl (C=O) groups excluding carboxylic acids is 1. The molecule has 8 heteroatoms. The van der Waals surface area contributed by atoms with Crippen molar-refractivity contribution in [2.45, 2.75) is 50.6 Å². The minimum Gasteiger partial charge on any atom is -0.468 e. The molecule has 1 aromatic heterocycles. The quantitative estimate of drug-likeness (QED) is 0.845. The molecule has 1 atom stereocenters. The van der Waals surface area contributed by atoms with Gasteiger partial charge in [0.2, 0.25) is 5.91 Å². The molecule has 1 aliphatic heterocycles. The Kier molecular flexibility index (Phi) is 4.74. The molecule has 1 amide bonds. The van der Waals surface area contributed by atoms with Crippen LogP contribution < -0.4 is 5.73 Å². The minimum atomic E-state index is -3.75. The van der Waals surface area contributed by atoms with E-state index in [-0.39, 0.29) is 18.6 Å². The second kappa shape index (κ2) is 6.62. The molecule has 7 nitrogen and oxygen atoms in total. The van der Waals surface area contributed by atoms with Crippen LogP contribution in [-0.2, 0) is 15.0 Å². The van der Waals surface area contributed by atoms with Gasteiger partial charge >= 0.3 is 0 Å². The van der Waals surface area contributed by atoms with Gasteiger partial charge in [0.1, 0.15) is 5.76 Å². The molecule has 2 fully saturated rings. The third-order valence-electron chi connectivity index (χ3n) is 4.71. The van der Waals surface area contributed by atoms with Crippen molar-refractivity contribution in [2.75, 3.05) is 13.1 Å². The Labute approximate surface area is 136 Å². The zero-order valence-electron chi connectivity index (χ0n) is 13.1. The van der Waals surface area contributed by atoms with Gasteiger partial charge in [-0.2, -0.15) is 17.0 Å². The number of hydrogen-bond donors (Lipinski definition) is 1.